The molecule has 8 heterocycles. The number of rotatable bonds is 30. The fraction of sp³-hybridized carbons (Fsp3) is 0.359. The number of pyridine rings is 3. The first-order valence-electron chi connectivity index (χ1n) is 34.8. The summed E-state index contributed by atoms with van der Waals surface area (Å²) in [5, 5.41) is 32.6. The van der Waals surface area contributed by atoms with Crippen LogP contribution in [0, 0.1) is 41.4 Å². The fourth-order valence-corrected chi connectivity index (χ4v) is 11.5. The minimum Gasteiger partial charge on any atom is -0.492 e. The summed E-state index contributed by atoms with van der Waals surface area (Å²) < 4.78 is 42.6. The lowest BCUT2D eigenvalue weighted by molar-refractivity contribution is -0.153. The van der Waals surface area contributed by atoms with Crippen molar-refractivity contribution < 1.29 is 52.6 Å². The first kappa shape index (κ1) is 79.8. The molecule has 3 aromatic carbocycles. The molecule has 0 spiro atoms. The maximum absolute atomic E-state index is 11.9. The lowest BCUT2D eigenvalue weighted by atomic mass is 9.95. The summed E-state index contributed by atoms with van der Waals surface area (Å²) in [7, 11) is 0.385. The minimum atomic E-state index is -1.19. The lowest BCUT2D eigenvalue weighted by Gasteiger charge is -2.21. The van der Waals surface area contributed by atoms with Gasteiger partial charge in [-0.2, -0.15) is 15.5 Å². The Morgan fingerprint density at radius 3 is 1.25 bits per heavy atom. The number of nitriles is 1. The van der Waals surface area contributed by atoms with Gasteiger partial charge in [-0.3, -0.25) is 39.5 Å². The van der Waals surface area contributed by atoms with E-state index in [9.17, 15) is 24.8 Å². The number of carboxylic acids is 1. The lowest BCUT2D eigenvalue weighted by Crippen LogP contribution is -2.32. The molecule has 29 heteroatoms. The van der Waals surface area contributed by atoms with Crippen molar-refractivity contribution in [3.63, 3.8) is 0 Å². The summed E-state index contributed by atoms with van der Waals surface area (Å²) in [5.41, 5.74) is 7.05. The van der Waals surface area contributed by atoms with Gasteiger partial charge in [0.15, 0.2) is 11.5 Å². The van der Waals surface area contributed by atoms with Crippen molar-refractivity contribution in [1.82, 2.24) is 74.4 Å². The van der Waals surface area contributed by atoms with Crippen molar-refractivity contribution in [2.24, 2.45) is 16.2 Å². The normalized spacial score (nSPS) is 11.7. The van der Waals surface area contributed by atoms with Crippen LogP contribution < -0.4 is 14.2 Å². The van der Waals surface area contributed by atoms with Gasteiger partial charge in [-0.15, -0.1) is 0 Å². The zero-order valence-electron chi connectivity index (χ0n) is 63.6. The number of carbonyl (C=O) groups is 3. The number of ether oxygens (including phenoxy) is 7. The molecule has 0 radical (unpaired) electrons. The fourth-order valence-electron chi connectivity index (χ4n) is 10.0. The van der Waals surface area contributed by atoms with Crippen LogP contribution in [0.1, 0.15) is 58.9 Å². The molecular formula is C78H94N16O11Si2. The molecule has 0 amide bonds. The molecule has 4 N–H and O–H groups in total. The Kier molecular flexibility index (Phi) is 26.2. The first-order chi connectivity index (χ1) is 50.8. The quantitative estimate of drug-likeness (QED) is 0.0184. The number of aromatic nitrogens is 15. The second-order valence-electron chi connectivity index (χ2n) is 30.0. The Hall–Kier alpha value is -11.3. The van der Waals surface area contributed by atoms with Gasteiger partial charge < -0.3 is 52.4 Å². The van der Waals surface area contributed by atoms with Gasteiger partial charge in [0.05, 0.1) is 53.7 Å². The molecular weight excluding hydrogens is 1390 g/mol. The number of esters is 2. The molecule has 560 valence electrons. The number of carbonyl (C=O) groups excluding carboxylic acids is 2. The zero-order valence-corrected chi connectivity index (χ0v) is 65.6. The van der Waals surface area contributed by atoms with Crippen molar-refractivity contribution in [3.8, 4) is 114 Å². The number of aliphatic carboxylic acids is 1. The molecule has 11 rings (SSSR count). The number of H-pyrrole nitrogens is 3. The van der Waals surface area contributed by atoms with E-state index in [-0.39, 0.29) is 31.8 Å². The second-order valence-corrected chi connectivity index (χ2v) is 41.2. The highest BCUT2D eigenvalue weighted by Crippen LogP contribution is 2.32. The number of hydrogen-bond acceptors (Lipinski definition) is 21. The predicted molar refractivity (Wildman–Crippen MR) is 412 cm³/mol. The van der Waals surface area contributed by atoms with Gasteiger partial charge in [0.1, 0.15) is 97.1 Å². The monoisotopic (exact) mass is 1490 g/mol. The van der Waals surface area contributed by atoms with Crippen LogP contribution in [-0.2, 0) is 46.8 Å². The number of methoxy groups -OCH3 is 2. The minimum absolute atomic E-state index is 0.0904. The van der Waals surface area contributed by atoms with Crippen LogP contribution in [0.25, 0.3) is 91.0 Å². The second kappa shape index (κ2) is 35.2. The van der Waals surface area contributed by atoms with E-state index in [1.54, 1.807) is 78.5 Å². The molecule has 0 aliphatic heterocycles. The van der Waals surface area contributed by atoms with Crippen LogP contribution in [0.5, 0.6) is 17.2 Å². The van der Waals surface area contributed by atoms with Gasteiger partial charge in [-0.25, -0.2) is 24.9 Å². The van der Waals surface area contributed by atoms with E-state index in [0.717, 1.165) is 85.7 Å². The van der Waals surface area contributed by atoms with Gasteiger partial charge in [0, 0.05) is 93.7 Å². The Morgan fingerprint density at radius 2 is 0.879 bits per heavy atom. The van der Waals surface area contributed by atoms with E-state index < -0.39 is 38.4 Å². The van der Waals surface area contributed by atoms with Gasteiger partial charge in [0.2, 0.25) is 5.82 Å². The van der Waals surface area contributed by atoms with Crippen molar-refractivity contribution in [3.05, 3.63) is 164 Å². The van der Waals surface area contributed by atoms with Crippen molar-refractivity contribution in [1.29, 1.82) is 5.26 Å². The molecule has 107 heavy (non-hydrogen) atoms. The number of carboxylic acid groups (broad SMARTS) is 1. The van der Waals surface area contributed by atoms with E-state index in [0.29, 0.717) is 78.6 Å². The Bertz CT molecular complexity index is 4780. The van der Waals surface area contributed by atoms with Crippen molar-refractivity contribution in [2.75, 3.05) is 47.3 Å². The first-order valence-corrected chi connectivity index (χ1v) is 42.2. The van der Waals surface area contributed by atoms with Gasteiger partial charge in [-0.1, -0.05) is 39.3 Å². The van der Waals surface area contributed by atoms with Crippen LogP contribution in [-0.4, -0.2) is 161 Å². The summed E-state index contributed by atoms with van der Waals surface area (Å²) in [6.07, 6.45) is 10.6. The van der Waals surface area contributed by atoms with Crippen LogP contribution in [0.2, 0.25) is 51.4 Å². The number of aromatic amines is 3. The van der Waals surface area contributed by atoms with E-state index >= 15 is 0 Å². The largest absolute Gasteiger partial charge is 0.492 e. The molecule has 0 saturated carbocycles. The number of hydrogen-bond donors (Lipinski definition) is 4. The van der Waals surface area contributed by atoms with Crippen LogP contribution in [0.4, 0.5) is 0 Å². The third kappa shape index (κ3) is 22.6. The van der Waals surface area contributed by atoms with Gasteiger partial charge in [0.25, 0.3) is 0 Å². The number of aryl methyl sites for hydroxylation is 2. The summed E-state index contributed by atoms with van der Waals surface area (Å²) in [6.45, 7) is 30.7. The van der Waals surface area contributed by atoms with E-state index in [1.165, 1.54) is 14.2 Å². The van der Waals surface area contributed by atoms with E-state index in [1.807, 2.05) is 132 Å². The third-order valence-electron chi connectivity index (χ3n) is 16.7. The smallest absolute Gasteiger partial charge is 0.314 e. The average Bonchev–Trinajstić information content (AvgIpc) is 1.70. The molecule has 0 fully saturated rings. The highest BCUT2D eigenvalue weighted by molar-refractivity contribution is 6.76. The Labute approximate surface area is 625 Å². The Balaban J connectivity index is 0.000000187. The molecule has 11 aromatic rings. The number of nitrogens with zero attached hydrogens (tertiary/aromatic N) is 13. The van der Waals surface area contributed by atoms with Gasteiger partial charge >= 0.3 is 17.9 Å². The van der Waals surface area contributed by atoms with Crippen molar-refractivity contribution in [2.45, 2.75) is 120 Å². The molecule has 0 atom stereocenters. The van der Waals surface area contributed by atoms with Crippen molar-refractivity contribution >= 4 is 34.1 Å². The molecule has 0 unspecified atom stereocenters. The topological polar surface area (TPSA) is 346 Å². The molecule has 8 aromatic heterocycles. The maximum atomic E-state index is 11.9. The number of imidazole rings is 3. The van der Waals surface area contributed by atoms with Gasteiger partial charge in [-0.05, 0) is 177 Å². The molecule has 0 aliphatic carbocycles. The summed E-state index contributed by atoms with van der Waals surface area (Å²) in [4.78, 5) is 74.3. The van der Waals surface area contributed by atoms with Crippen LogP contribution in [0.15, 0.2) is 146 Å². The number of benzene rings is 3. The predicted octanol–water partition coefficient (Wildman–Crippen LogP) is 14.7. The van der Waals surface area contributed by atoms with Crippen LogP contribution >= 0.6 is 0 Å². The average molecular weight is 1490 g/mol. The highest BCUT2D eigenvalue weighted by atomic mass is 28.3. The molecule has 0 aliphatic rings. The standard InChI is InChI=1S/C29H38N6O4Si.C27H34N4O4Si.C22H22N6O3/c1-20-31-26(34-33-20)25-17-35(19-38-14-15-40(5,6)7)27(32-25)22-10-13-24(30-16-22)21-8-11-23(12-9-21)39-18-29(2,3)28(36)37-4;1-27(2,26(32)33-3)18-35-23-10-7-20(8-11-23)24-12-9-21(16-29-24)25-30-22(15-28)17-31(25)19-34-13-14-36(4,5)6;1-13-25-20(28-27-13)18-11-24-19(26-18)15-6-9-17(23-10-15)14-4-7-16(8-5-14)31-12-22(2,3)21(29)30/h8-13,16-17H,14-15,18-19H2,1-7H3,(H,31,33,34);7-12,16-17H,13-14,18-19H2,1-6H3;4-11H,12H2,1-3H3,(H,24,26)(H,29,30)(H,25,27,28). The molecule has 0 saturated heterocycles. The summed E-state index contributed by atoms with van der Waals surface area (Å²) in [5.74, 6) is 5.06. The molecule has 27 nitrogen and oxygen atoms in total. The SMILES string of the molecule is COC(=O)C(C)(C)COc1ccc(-c2ccc(-c3nc(-c4n[nH]c(C)n4)cn3COCC[Si](C)(C)C)cn2)cc1.COC(=O)C(C)(C)COc1ccc(-c2ccc(-c3nc(C#N)cn3COCC[Si](C)(C)C)cn2)cc1.Cc1nc(-c2cnc(-c3ccc(-c4ccc(OCC(C)(C)C(=O)O)cc4)nc3)[nH]2)n[nH]1. The van der Waals surface area contributed by atoms with E-state index in [4.69, 9.17) is 43.1 Å². The maximum Gasteiger partial charge on any atom is 0.314 e. The summed E-state index contributed by atoms with van der Waals surface area (Å²) >= 11 is 0. The van der Waals surface area contributed by atoms with Crippen LogP contribution in [0.3, 0.4) is 0 Å². The van der Waals surface area contributed by atoms with E-state index in [2.05, 4.69) is 101 Å². The Morgan fingerprint density at radius 1 is 0.486 bits per heavy atom. The highest BCUT2D eigenvalue weighted by Gasteiger charge is 2.32. The molecule has 0 bridgehead atoms. The summed E-state index contributed by atoms with van der Waals surface area (Å²) in [6, 6.07) is 38.5. The zero-order chi connectivity index (χ0) is 77.3. The number of nitrogens with one attached hydrogen (secondary N) is 3. The third-order valence-corrected chi connectivity index (χ3v) is 20.2.